The first kappa shape index (κ1) is 40.0. The zero-order valence-electron chi connectivity index (χ0n) is 30.6. The third-order valence-corrected chi connectivity index (χ3v) is 9.20. The standard InChI is InChI=1S/C38H46F3N5O8/c1-23-19-46(24(2)21-47)35(48)30-17-28(42-36(49)43-29-13-15-32-33(18-29)53-22-52-32)12-14-31(30)54-25(3)7-5-6-16-51-34(23)20-45(4)37(50)44-27-10-8-26(9-11-27)38(39,40)41/h8-15,17-18,23-25,34,47H,5-7,16,19-22H2,1-4H3,(H,44,50)(H2,42,43,49)/t23-,24-,25-,34+/m0/s1. The number of urea groups is 2. The Hall–Kier alpha value is -5.22. The Morgan fingerprint density at radius 3 is 2.26 bits per heavy atom. The topological polar surface area (TPSA) is 151 Å². The molecule has 2 aliphatic rings. The van der Waals surface area contributed by atoms with Crippen molar-refractivity contribution in [3.8, 4) is 17.2 Å². The van der Waals surface area contributed by atoms with Crippen LogP contribution in [0, 0.1) is 5.92 Å². The second kappa shape index (κ2) is 17.7. The van der Waals surface area contributed by atoms with E-state index in [1.165, 1.54) is 28.0 Å². The van der Waals surface area contributed by atoms with Crippen molar-refractivity contribution >= 4 is 35.0 Å². The van der Waals surface area contributed by atoms with Crippen molar-refractivity contribution in [3.05, 3.63) is 71.8 Å². The van der Waals surface area contributed by atoms with Crippen molar-refractivity contribution in [1.82, 2.24) is 9.80 Å². The van der Waals surface area contributed by atoms with E-state index in [-0.39, 0.29) is 49.8 Å². The van der Waals surface area contributed by atoms with Crippen LogP contribution >= 0.6 is 0 Å². The van der Waals surface area contributed by atoms with Gasteiger partial charge in [0.2, 0.25) is 6.79 Å². The number of hydrogen-bond donors (Lipinski definition) is 4. The fourth-order valence-corrected chi connectivity index (χ4v) is 6.04. The molecule has 0 fully saturated rings. The van der Waals surface area contributed by atoms with Gasteiger partial charge in [-0.15, -0.1) is 0 Å². The fourth-order valence-electron chi connectivity index (χ4n) is 6.04. The molecule has 3 aromatic carbocycles. The van der Waals surface area contributed by atoms with E-state index in [0.717, 1.165) is 18.6 Å². The number of carbonyl (C=O) groups excluding carboxylic acids is 3. The lowest BCUT2D eigenvalue weighted by atomic mass is 10.0. The zero-order valence-corrected chi connectivity index (χ0v) is 30.6. The maximum atomic E-state index is 14.4. The first-order valence-corrected chi connectivity index (χ1v) is 17.7. The van der Waals surface area contributed by atoms with E-state index in [0.29, 0.717) is 48.1 Å². The van der Waals surface area contributed by atoms with E-state index in [1.54, 1.807) is 44.3 Å². The molecule has 3 aromatic rings. The molecule has 0 bridgehead atoms. The Balaban J connectivity index is 1.33. The van der Waals surface area contributed by atoms with Gasteiger partial charge in [0.15, 0.2) is 11.5 Å². The van der Waals surface area contributed by atoms with Gasteiger partial charge in [-0.1, -0.05) is 6.92 Å². The zero-order chi connectivity index (χ0) is 39.0. The molecule has 4 atom stereocenters. The highest BCUT2D eigenvalue weighted by Gasteiger charge is 2.32. The summed E-state index contributed by atoms with van der Waals surface area (Å²) in [6, 6.07) is 12.2. The number of nitrogens with one attached hydrogen (secondary N) is 3. The average Bonchev–Trinajstić information content (AvgIpc) is 3.60. The van der Waals surface area contributed by atoms with E-state index in [1.807, 2.05) is 13.8 Å². The van der Waals surface area contributed by atoms with Gasteiger partial charge in [0, 0.05) is 55.8 Å². The normalized spacial score (nSPS) is 19.8. The molecule has 4 N–H and O–H groups in total. The van der Waals surface area contributed by atoms with Gasteiger partial charge >= 0.3 is 18.2 Å². The highest BCUT2D eigenvalue weighted by atomic mass is 19.4. The summed E-state index contributed by atoms with van der Waals surface area (Å²) in [5.41, 5.74) is 0.343. The summed E-state index contributed by atoms with van der Waals surface area (Å²) in [5.74, 6) is 0.590. The van der Waals surface area contributed by atoms with Crippen molar-refractivity contribution in [2.24, 2.45) is 5.92 Å². The molecule has 2 heterocycles. The lowest BCUT2D eigenvalue weighted by Gasteiger charge is -2.35. The van der Waals surface area contributed by atoms with E-state index in [4.69, 9.17) is 18.9 Å². The summed E-state index contributed by atoms with van der Waals surface area (Å²) in [7, 11) is 1.55. The van der Waals surface area contributed by atoms with Crippen LogP contribution in [-0.4, -0.2) is 91.3 Å². The minimum Gasteiger partial charge on any atom is -0.490 e. The number of fused-ring (bicyclic) bond motifs is 2. The molecule has 13 nitrogen and oxygen atoms in total. The number of amides is 5. The van der Waals surface area contributed by atoms with Crippen molar-refractivity contribution < 1.29 is 51.6 Å². The summed E-state index contributed by atoms with van der Waals surface area (Å²) < 4.78 is 62.3. The third kappa shape index (κ3) is 10.5. The van der Waals surface area contributed by atoms with Crippen LogP contribution in [0.1, 0.15) is 56.0 Å². The lowest BCUT2D eigenvalue weighted by Crippen LogP contribution is -2.48. The molecule has 0 unspecified atom stereocenters. The Morgan fingerprint density at radius 2 is 1.57 bits per heavy atom. The summed E-state index contributed by atoms with van der Waals surface area (Å²) in [6.45, 7) is 5.83. The minimum absolute atomic E-state index is 0.0933. The molecule has 0 radical (unpaired) electrons. The van der Waals surface area contributed by atoms with E-state index in [9.17, 15) is 32.7 Å². The molecule has 54 heavy (non-hydrogen) atoms. The predicted molar refractivity (Wildman–Crippen MR) is 195 cm³/mol. The minimum atomic E-state index is -4.50. The lowest BCUT2D eigenvalue weighted by molar-refractivity contribution is -0.137. The molecule has 0 spiro atoms. The van der Waals surface area contributed by atoms with Crippen LogP contribution in [0.2, 0.25) is 0 Å². The molecule has 0 saturated heterocycles. The van der Waals surface area contributed by atoms with E-state index < -0.39 is 41.9 Å². The Kier molecular flexibility index (Phi) is 13.1. The molecular weight excluding hydrogens is 711 g/mol. The average molecular weight is 758 g/mol. The molecule has 5 rings (SSSR count). The maximum Gasteiger partial charge on any atom is 0.416 e. The number of carbonyl (C=O) groups is 3. The number of hydrogen-bond acceptors (Lipinski definition) is 8. The molecule has 292 valence electrons. The third-order valence-electron chi connectivity index (χ3n) is 9.20. The summed E-state index contributed by atoms with van der Waals surface area (Å²) in [6.07, 6.45) is -3.23. The number of likely N-dealkylation sites (N-methyl/N-ethyl adjacent to an activating group) is 1. The summed E-state index contributed by atoms with van der Waals surface area (Å²) in [4.78, 5) is 43.4. The quantitative estimate of drug-likeness (QED) is 0.201. The number of rotatable bonds is 7. The van der Waals surface area contributed by atoms with Crippen molar-refractivity contribution in [2.45, 2.75) is 64.5 Å². The maximum absolute atomic E-state index is 14.4. The fraction of sp³-hybridized carbons (Fsp3) is 0.447. The van der Waals surface area contributed by atoms with Crippen LogP contribution in [0.25, 0.3) is 0 Å². The van der Waals surface area contributed by atoms with Gasteiger partial charge in [-0.05, 0) is 87.7 Å². The van der Waals surface area contributed by atoms with Gasteiger partial charge in [-0.2, -0.15) is 13.2 Å². The van der Waals surface area contributed by atoms with Crippen LogP contribution in [0.4, 0.5) is 39.8 Å². The van der Waals surface area contributed by atoms with Crippen LogP contribution in [0.3, 0.4) is 0 Å². The van der Waals surface area contributed by atoms with Crippen LogP contribution in [0.15, 0.2) is 60.7 Å². The Labute approximate surface area is 311 Å². The monoisotopic (exact) mass is 757 g/mol. The first-order chi connectivity index (χ1) is 25.7. The largest absolute Gasteiger partial charge is 0.490 e. The van der Waals surface area contributed by atoms with Crippen molar-refractivity contribution in [3.63, 3.8) is 0 Å². The van der Waals surface area contributed by atoms with Gasteiger partial charge in [0.25, 0.3) is 5.91 Å². The second-order valence-electron chi connectivity index (χ2n) is 13.5. The summed E-state index contributed by atoms with van der Waals surface area (Å²) >= 11 is 0. The number of halogens is 3. The number of ether oxygens (including phenoxy) is 4. The van der Waals surface area contributed by atoms with E-state index >= 15 is 0 Å². The molecule has 0 aliphatic carbocycles. The van der Waals surface area contributed by atoms with Gasteiger partial charge in [0.05, 0.1) is 36.0 Å². The number of aliphatic hydroxyl groups excluding tert-OH is 1. The van der Waals surface area contributed by atoms with Crippen molar-refractivity contribution in [2.75, 3.05) is 56.1 Å². The molecule has 16 heteroatoms. The van der Waals surface area contributed by atoms with Crippen molar-refractivity contribution in [1.29, 1.82) is 0 Å². The number of anilines is 3. The second-order valence-corrected chi connectivity index (χ2v) is 13.5. The molecule has 0 saturated carbocycles. The Morgan fingerprint density at radius 1 is 0.926 bits per heavy atom. The summed E-state index contributed by atoms with van der Waals surface area (Å²) in [5, 5.41) is 18.4. The molecule has 5 amide bonds. The van der Waals surface area contributed by atoms with Crippen LogP contribution < -0.4 is 30.2 Å². The van der Waals surface area contributed by atoms with Gasteiger partial charge < -0.3 is 49.8 Å². The highest BCUT2D eigenvalue weighted by Crippen LogP contribution is 2.35. The molecule has 0 aromatic heterocycles. The molecule has 2 aliphatic heterocycles. The number of alkyl halides is 3. The van der Waals surface area contributed by atoms with E-state index in [2.05, 4.69) is 16.0 Å². The number of benzene rings is 3. The highest BCUT2D eigenvalue weighted by molar-refractivity contribution is 6.02. The van der Waals surface area contributed by atoms with Crippen LogP contribution in [-0.2, 0) is 10.9 Å². The number of nitrogens with zero attached hydrogens (tertiary/aromatic N) is 2. The SMILES string of the molecule is C[C@H]1CCCCO[C@H](CN(C)C(=O)Nc2ccc(C(F)(F)F)cc2)[C@@H](C)CN([C@@H](C)CO)C(=O)c2cc(NC(=O)Nc3ccc4c(c3)OCO4)ccc2O1. The van der Waals surface area contributed by atoms with Gasteiger partial charge in [-0.3, -0.25) is 4.79 Å². The Bertz CT molecular complexity index is 1780. The number of aliphatic hydroxyl groups is 1. The van der Waals surface area contributed by atoms with Crippen LogP contribution in [0.5, 0.6) is 17.2 Å². The van der Waals surface area contributed by atoms with Gasteiger partial charge in [0.1, 0.15) is 5.75 Å². The smallest absolute Gasteiger partial charge is 0.416 e. The molecular formula is C38H46F3N5O8. The predicted octanol–water partition coefficient (Wildman–Crippen LogP) is 7.04. The first-order valence-electron chi connectivity index (χ1n) is 17.7. The van der Waals surface area contributed by atoms with Gasteiger partial charge in [-0.25, -0.2) is 9.59 Å².